The van der Waals surface area contributed by atoms with E-state index in [2.05, 4.69) is 0 Å². The Labute approximate surface area is 136 Å². The molecular weight excluding hydrogens is 311 g/mol. The van der Waals surface area contributed by atoms with Gasteiger partial charge in [-0.3, -0.25) is 0 Å². The molecule has 3 nitrogen and oxygen atoms in total. The number of hydrogen-bond acceptors (Lipinski definition) is 2. The molecule has 0 bridgehead atoms. The quantitative estimate of drug-likeness (QED) is 0.618. The lowest BCUT2D eigenvalue weighted by molar-refractivity contribution is -0.133. The average Bonchev–Trinajstić information content (AvgIpc) is 2.45. The van der Waals surface area contributed by atoms with Crippen molar-refractivity contribution in [3.8, 4) is 0 Å². The van der Waals surface area contributed by atoms with Crippen LogP contribution in [-0.4, -0.2) is 35.0 Å². The maximum absolute atomic E-state index is 11.7. The van der Waals surface area contributed by atoms with Crippen molar-refractivity contribution in [3.63, 3.8) is 0 Å². The van der Waals surface area contributed by atoms with Crippen LogP contribution in [0.15, 0.2) is 11.6 Å². The smallest absolute Gasteiger partial charge is 0.331 e. The summed E-state index contributed by atoms with van der Waals surface area (Å²) in [5.74, 6) is -0.498. The van der Waals surface area contributed by atoms with Crippen LogP contribution in [0, 0.1) is 11.8 Å². The number of methoxy groups -OCH3 is 1. The van der Waals surface area contributed by atoms with Crippen LogP contribution in [0.2, 0.25) is 0 Å². The third-order valence-corrected chi connectivity index (χ3v) is 5.61. The maximum Gasteiger partial charge on any atom is 0.331 e. The Bertz CT molecular complexity index is 379. The summed E-state index contributed by atoms with van der Waals surface area (Å²) < 4.78 is 5.32. The fourth-order valence-electron chi connectivity index (χ4n) is 3.62. The molecule has 0 radical (unpaired) electrons. The molecule has 0 aromatic heterocycles. The lowest BCUT2D eigenvalue weighted by Gasteiger charge is -2.36. The van der Waals surface area contributed by atoms with Gasteiger partial charge in [-0.2, -0.15) is 0 Å². The summed E-state index contributed by atoms with van der Waals surface area (Å²) in [7, 11) is 1.60. The molecule has 2 aliphatic carbocycles. The van der Waals surface area contributed by atoms with Crippen molar-refractivity contribution in [3.05, 3.63) is 11.6 Å². The van der Waals surface area contributed by atoms with Crippen LogP contribution in [0.5, 0.6) is 0 Å². The van der Waals surface area contributed by atoms with Gasteiger partial charge in [0, 0.05) is 12.7 Å². The first-order valence-electron chi connectivity index (χ1n) is 7.78. The average molecular weight is 335 g/mol. The van der Waals surface area contributed by atoms with Gasteiger partial charge in [0.25, 0.3) is 0 Å². The van der Waals surface area contributed by atoms with Crippen molar-refractivity contribution in [1.82, 2.24) is 0 Å². The first kappa shape index (κ1) is 17.1. The molecule has 2 saturated carbocycles. The highest BCUT2D eigenvalue weighted by molar-refractivity contribution is 6.24. The highest BCUT2D eigenvalue weighted by Gasteiger charge is 2.39. The van der Waals surface area contributed by atoms with Gasteiger partial charge in [0.2, 0.25) is 0 Å². The van der Waals surface area contributed by atoms with E-state index in [0.29, 0.717) is 24.3 Å². The first-order valence-corrected chi connectivity index (χ1v) is 8.66. The Kier molecular flexibility index (Phi) is 6.39. The summed E-state index contributed by atoms with van der Waals surface area (Å²) >= 11 is 12.7. The molecule has 2 fully saturated rings. The third-order valence-electron chi connectivity index (χ3n) is 4.76. The van der Waals surface area contributed by atoms with Crippen molar-refractivity contribution >= 4 is 29.2 Å². The lowest BCUT2D eigenvalue weighted by atomic mass is 9.79. The predicted molar refractivity (Wildman–Crippen MR) is 85.1 cm³/mol. The summed E-state index contributed by atoms with van der Waals surface area (Å²) in [6.45, 7) is 0. The number of rotatable bonds is 4. The molecule has 120 valence electrons. The zero-order valence-corrected chi connectivity index (χ0v) is 13.9. The van der Waals surface area contributed by atoms with Gasteiger partial charge in [0.1, 0.15) is 0 Å². The maximum atomic E-state index is 11.7. The fourth-order valence-corrected chi connectivity index (χ4v) is 4.68. The van der Waals surface area contributed by atoms with Gasteiger partial charge in [0.05, 0.1) is 16.9 Å². The van der Waals surface area contributed by atoms with Crippen LogP contribution in [0.4, 0.5) is 0 Å². The Morgan fingerprint density at radius 2 is 1.71 bits per heavy atom. The first-order chi connectivity index (χ1) is 10.0. The molecule has 21 heavy (non-hydrogen) atoms. The molecule has 5 heteroatoms. The highest BCUT2D eigenvalue weighted by Crippen LogP contribution is 2.38. The number of carboxylic acids is 1. The fraction of sp³-hybridized carbons (Fsp3) is 0.812. The normalized spacial score (nSPS) is 35.7. The minimum Gasteiger partial charge on any atom is -0.478 e. The highest BCUT2D eigenvalue weighted by atomic mass is 35.5. The molecule has 0 aromatic carbocycles. The van der Waals surface area contributed by atoms with Crippen LogP contribution >= 0.6 is 23.2 Å². The summed E-state index contributed by atoms with van der Waals surface area (Å²) in [6, 6.07) is 0. The van der Waals surface area contributed by atoms with Crippen LogP contribution in [0.3, 0.4) is 0 Å². The zero-order chi connectivity index (χ0) is 15.4. The Morgan fingerprint density at radius 1 is 1.14 bits per heavy atom. The molecule has 0 unspecified atom stereocenters. The number of hydrogen-bond donors (Lipinski definition) is 1. The van der Waals surface area contributed by atoms with E-state index < -0.39 is 5.97 Å². The molecule has 2 rings (SSSR count). The van der Waals surface area contributed by atoms with Crippen LogP contribution < -0.4 is 0 Å². The second kappa shape index (κ2) is 7.85. The molecule has 0 spiro atoms. The van der Waals surface area contributed by atoms with Crippen molar-refractivity contribution in [2.75, 3.05) is 7.11 Å². The van der Waals surface area contributed by atoms with E-state index >= 15 is 0 Å². The number of ether oxygens (including phenoxy) is 1. The Hall–Kier alpha value is -0.250. The van der Waals surface area contributed by atoms with E-state index in [1.807, 2.05) is 6.08 Å². The van der Waals surface area contributed by atoms with Crippen LogP contribution in [0.1, 0.15) is 44.9 Å². The Morgan fingerprint density at radius 3 is 2.19 bits per heavy atom. The second-order valence-electron chi connectivity index (χ2n) is 6.23. The second-order valence-corrected chi connectivity index (χ2v) is 7.35. The van der Waals surface area contributed by atoms with Gasteiger partial charge in [-0.1, -0.05) is 25.3 Å². The Balaban J connectivity index is 2.11. The summed E-state index contributed by atoms with van der Waals surface area (Å²) in [5, 5.41) is 9.10. The van der Waals surface area contributed by atoms with Crippen molar-refractivity contribution in [1.29, 1.82) is 0 Å². The number of allylic oxidation sites excluding steroid dienone is 1. The molecule has 2 aliphatic rings. The van der Waals surface area contributed by atoms with Crippen LogP contribution in [-0.2, 0) is 9.53 Å². The van der Waals surface area contributed by atoms with E-state index in [0.717, 1.165) is 12.8 Å². The zero-order valence-electron chi connectivity index (χ0n) is 12.4. The van der Waals surface area contributed by atoms with Gasteiger partial charge in [0.15, 0.2) is 0 Å². The summed E-state index contributed by atoms with van der Waals surface area (Å²) in [5.41, 5.74) is 0.507. The van der Waals surface area contributed by atoms with Gasteiger partial charge >= 0.3 is 5.97 Å². The largest absolute Gasteiger partial charge is 0.478 e. The summed E-state index contributed by atoms with van der Waals surface area (Å²) in [6.07, 6.45) is 8.86. The van der Waals surface area contributed by atoms with E-state index in [4.69, 9.17) is 27.9 Å². The van der Waals surface area contributed by atoms with Gasteiger partial charge in [-0.05, 0) is 37.5 Å². The predicted octanol–water partition coefficient (Wildman–Crippen LogP) is 4.22. The van der Waals surface area contributed by atoms with E-state index in [1.54, 1.807) is 7.11 Å². The molecule has 0 amide bonds. The van der Waals surface area contributed by atoms with Gasteiger partial charge < -0.3 is 9.84 Å². The monoisotopic (exact) mass is 334 g/mol. The molecule has 1 N–H and O–H groups in total. The van der Waals surface area contributed by atoms with Gasteiger partial charge in [-0.15, -0.1) is 23.2 Å². The number of aliphatic carboxylic acids is 1. The number of alkyl halides is 2. The van der Waals surface area contributed by atoms with E-state index in [9.17, 15) is 9.90 Å². The van der Waals surface area contributed by atoms with Crippen LogP contribution in [0.25, 0.3) is 0 Å². The molecule has 0 aliphatic heterocycles. The molecule has 0 saturated heterocycles. The molecule has 2 atom stereocenters. The standard InChI is InChI=1S/C16H24Cl2O3/c1-21-15-13(17)8-11(9-14(15)18)12(16(19)20)7-10-5-3-2-4-6-10/h7,10-11,13-15H,2-6,8-9H2,1H3,(H,19,20)/b12-7-/t11?,13-,14-,15?/m0/s1. The third kappa shape index (κ3) is 4.37. The molecular formula is C16H24Cl2O3. The number of halogens is 2. The number of carboxylic acid groups (broad SMARTS) is 1. The minimum atomic E-state index is -0.825. The van der Waals surface area contributed by atoms with Crippen molar-refractivity contribution < 1.29 is 14.6 Å². The lowest BCUT2D eigenvalue weighted by Crippen LogP contribution is -2.41. The van der Waals surface area contributed by atoms with Crippen molar-refractivity contribution in [2.45, 2.75) is 61.8 Å². The van der Waals surface area contributed by atoms with E-state index in [-0.39, 0.29) is 22.8 Å². The van der Waals surface area contributed by atoms with Gasteiger partial charge in [-0.25, -0.2) is 4.79 Å². The van der Waals surface area contributed by atoms with E-state index in [1.165, 1.54) is 19.3 Å². The number of carbonyl (C=O) groups is 1. The topological polar surface area (TPSA) is 46.5 Å². The molecule has 0 heterocycles. The SMILES string of the molecule is COC1[C@@H](Cl)CC(/C(=C/C2CCCCC2)C(=O)O)C[C@@H]1Cl. The summed E-state index contributed by atoms with van der Waals surface area (Å²) in [4.78, 5) is 11.7. The van der Waals surface area contributed by atoms with Crippen molar-refractivity contribution in [2.24, 2.45) is 11.8 Å². The molecule has 0 aromatic rings. The minimum absolute atomic E-state index is 0.0687.